The van der Waals surface area contributed by atoms with Crippen LogP contribution in [0, 0.1) is 13.8 Å². The minimum Gasteiger partial charge on any atom is -0.347 e. The highest BCUT2D eigenvalue weighted by Gasteiger charge is 2.32. The van der Waals surface area contributed by atoms with E-state index in [9.17, 15) is 14.4 Å². The van der Waals surface area contributed by atoms with Crippen LogP contribution in [0.15, 0.2) is 41.3 Å². The van der Waals surface area contributed by atoms with Gasteiger partial charge in [-0.3, -0.25) is 14.4 Å². The number of hydrogen-bond acceptors (Lipinski definition) is 3. The zero-order valence-corrected chi connectivity index (χ0v) is 16.9. The van der Waals surface area contributed by atoms with Crippen molar-refractivity contribution in [2.24, 2.45) is 0 Å². The Morgan fingerprint density at radius 2 is 1.93 bits per heavy atom. The Morgan fingerprint density at radius 1 is 1.18 bits per heavy atom. The third kappa shape index (κ3) is 3.86. The number of carbonyl (C=O) groups is 2. The van der Waals surface area contributed by atoms with E-state index in [2.05, 4.69) is 25.1 Å². The van der Waals surface area contributed by atoms with E-state index < -0.39 is 5.56 Å². The summed E-state index contributed by atoms with van der Waals surface area (Å²) in [6.45, 7) is 4.65. The van der Waals surface area contributed by atoms with Crippen LogP contribution < -0.4 is 5.56 Å². The lowest BCUT2D eigenvalue weighted by Gasteiger charge is -2.26. The Labute approximate surface area is 165 Å². The lowest BCUT2D eigenvalue weighted by Crippen LogP contribution is -2.38. The van der Waals surface area contributed by atoms with Crippen LogP contribution in [0.5, 0.6) is 0 Å². The summed E-state index contributed by atoms with van der Waals surface area (Å²) in [6.07, 6.45) is 3.34. The van der Waals surface area contributed by atoms with Crippen molar-refractivity contribution in [2.75, 3.05) is 20.6 Å². The number of likely N-dealkylation sites (N-methyl/N-ethyl adjacent to an activating group) is 1. The number of hydrogen-bond donors (Lipinski definition) is 0. The van der Waals surface area contributed by atoms with Crippen molar-refractivity contribution in [2.45, 2.75) is 39.3 Å². The maximum atomic E-state index is 13.2. The Balaban J connectivity index is 1.92. The lowest BCUT2D eigenvalue weighted by atomic mass is 9.97. The standard InChI is InChI=1S/C22H27N3O3/c1-15-9-10-16(2)18(13-15)19-8-6-12-25(19)22(28)17-7-5-11-24(21(17)27)14-20(26)23(3)4/h5,7,9-11,13,19H,6,8,12,14H2,1-4H3. The van der Waals surface area contributed by atoms with Gasteiger partial charge in [-0.25, -0.2) is 0 Å². The Hall–Kier alpha value is -2.89. The maximum Gasteiger partial charge on any atom is 0.263 e. The average Bonchev–Trinajstić information content (AvgIpc) is 3.14. The van der Waals surface area contributed by atoms with Crippen LogP contribution in [0.2, 0.25) is 0 Å². The number of carbonyl (C=O) groups excluding carboxylic acids is 2. The van der Waals surface area contributed by atoms with E-state index >= 15 is 0 Å². The molecule has 1 atom stereocenters. The van der Waals surface area contributed by atoms with Crippen LogP contribution in [-0.4, -0.2) is 46.8 Å². The van der Waals surface area contributed by atoms with E-state index in [4.69, 9.17) is 0 Å². The molecule has 148 valence electrons. The number of likely N-dealkylation sites (tertiary alicyclic amines) is 1. The second-order valence-electron chi connectivity index (χ2n) is 7.66. The van der Waals surface area contributed by atoms with Gasteiger partial charge in [0.25, 0.3) is 11.5 Å². The van der Waals surface area contributed by atoms with Crippen LogP contribution in [-0.2, 0) is 11.3 Å². The van der Waals surface area contributed by atoms with Gasteiger partial charge in [-0.15, -0.1) is 0 Å². The molecule has 1 aromatic heterocycles. The summed E-state index contributed by atoms with van der Waals surface area (Å²) in [4.78, 5) is 41.3. The minimum atomic E-state index is -0.422. The Morgan fingerprint density at radius 3 is 2.64 bits per heavy atom. The first-order valence-electron chi connectivity index (χ1n) is 9.57. The van der Waals surface area contributed by atoms with Crippen molar-refractivity contribution in [3.05, 3.63) is 69.1 Å². The van der Waals surface area contributed by atoms with Crippen molar-refractivity contribution < 1.29 is 9.59 Å². The van der Waals surface area contributed by atoms with E-state index in [1.807, 2.05) is 6.92 Å². The summed E-state index contributed by atoms with van der Waals surface area (Å²) in [7, 11) is 3.28. The van der Waals surface area contributed by atoms with Crippen LogP contribution in [0.1, 0.15) is 45.9 Å². The molecule has 6 heteroatoms. The zero-order valence-electron chi connectivity index (χ0n) is 16.9. The molecule has 2 heterocycles. The van der Waals surface area contributed by atoms with Gasteiger partial charge >= 0.3 is 0 Å². The highest BCUT2D eigenvalue weighted by atomic mass is 16.2. The monoisotopic (exact) mass is 381 g/mol. The van der Waals surface area contributed by atoms with E-state index in [1.165, 1.54) is 9.47 Å². The van der Waals surface area contributed by atoms with E-state index in [1.54, 1.807) is 37.3 Å². The molecular weight excluding hydrogens is 354 g/mol. The van der Waals surface area contributed by atoms with Crippen LogP contribution in [0.25, 0.3) is 0 Å². The van der Waals surface area contributed by atoms with Crippen molar-refractivity contribution in [1.82, 2.24) is 14.4 Å². The number of rotatable bonds is 4. The fraction of sp³-hybridized carbons (Fsp3) is 0.409. The second-order valence-corrected chi connectivity index (χ2v) is 7.66. The fourth-order valence-electron chi connectivity index (χ4n) is 3.72. The van der Waals surface area contributed by atoms with Gasteiger partial charge < -0.3 is 14.4 Å². The molecule has 0 aliphatic carbocycles. The molecule has 2 amide bonds. The normalized spacial score (nSPS) is 16.3. The second kappa shape index (κ2) is 8.00. The van der Waals surface area contributed by atoms with Gasteiger partial charge in [0.2, 0.25) is 5.91 Å². The first kappa shape index (κ1) is 19.9. The van der Waals surface area contributed by atoms with Crippen molar-refractivity contribution in [3.8, 4) is 0 Å². The van der Waals surface area contributed by atoms with Gasteiger partial charge in [0.1, 0.15) is 12.1 Å². The fourth-order valence-corrected chi connectivity index (χ4v) is 3.72. The molecule has 0 spiro atoms. The molecule has 0 saturated carbocycles. The van der Waals surface area contributed by atoms with Gasteiger partial charge in [0.15, 0.2) is 0 Å². The summed E-state index contributed by atoms with van der Waals surface area (Å²) in [5.41, 5.74) is 3.15. The average molecular weight is 381 g/mol. The summed E-state index contributed by atoms with van der Waals surface area (Å²) < 4.78 is 1.30. The number of aryl methyl sites for hydroxylation is 2. The molecular formula is C22H27N3O3. The molecule has 1 aliphatic rings. The molecule has 1 fully saturated rings. The molecule has 0 N–H and O–H groups in total. The van der Waals surface area contributed by atoms with Crippen LogP contribution >= 0.6 is 0 Å². The first-order chi connectivity index (χ1) is 13.3. The van der Waals surface area contributed by atoms with E-state index in [0.29, 0.717) is 6.54 Å². The Kier molecular flexibility index (Phi) is 5.68. The molecule has 3 rings (SSSR count). The molecule has 0 radical (unpaired) electrons. The van der Waals surface area contributed by atoms with Crippen LogP contribution in [0.3, 0.4) is 0 Å². The van der Waals surface area contributed by atoms with Gasteiger partial charge in [0.05, 0.1) is 6.04 Å². The van der Waals surface area contributed by atoms with Gasteiger partial charge in [-0.05, 0) is 49.9 Å². The molecule has 0 bridgehead atoms. The number of amides is 2. The first-order valence-corrected chi connectivity index (χ1v) is 9.57. The largest absolute Gasteiger partial charge is 0.347 e. The third-order valence-corrected chi connectivity index (χ3v) is 5.36. The smallest absolute Gasteiger partial charge is 0.263 e. The molecule has 2 aromatic rings. The highest BCUT2D eigenvalue weighted by molar-refractivity contribution is 5.94. The number of benzene rings is 1. The minimum absolute atomic E-state index is 0.0242. The molecule has 28 heavy (non-hydrogen) atoms. The van der Waals surface area contributed by atoms with Crippen LogP contribution in [0.4, 0.5) is 0 Å². The van der Waals surface area contributed by atoms with Crippen molar-refractivity contribution in [3.63, 3.8) is 0 Å². The molecule has 6 nitrogen and oxygen atoms in total. The van der Waals surface area contributed by atoms with E-state index in [0.717, 1.165) is 29.5 Å². The number of pyridine rings is 1. The number of aromatic nitrogens is 1. The van der Waals surface area contributed by atoms with Gasteiger partial charge in [0, 0.05) is 26.8 Å². The summed E-state index contributed by atoms with van der Waals surface area (Å²) in [5, 5.41) is 0. The molecule has 1 aromatic carbocycles. The maximum absolute atomic E-state index is 13.2. The third-order valence-electron chi connectivity index (χ3n) is 5.36. The predicted molar refractivity (Wildman–Crippen MR) is 108 cm³/mol. The van der Waals surface area contributed by atoms with Gasteiger partial charge in [-0.1, -0.05) is 23.8 Å². The highest BCUT2D eigenvalue weighted by Crippen LogP contribution is 2.34. The van der Waals surface area contributed by atoms with Gasteiger partial charge in [-0.2, -0.15) is 0 Å². The molecule has 1 saturated heterocycles. The summed E-state index contributed by atoms with van der Waals surface area (Å²) in [6, 6.07) is 9.46. The quantitative estimate of drug-likeness (QED) is 0.818. The molecule has 1 aliphatic heterocycles. The lowest BCUT2D eigenvalue weighted by molar-refractivity contribution is -0.129. The van der Waals surface area contributed by atoms with Crippen molar-refractivity contribution in [1.29, 1.82) is 0 Å². The summed E-state index contributed by atoms with van der Waals surface area (Å²) >= 11 is 0. The SMILES string of the molecule is Cc1ccc(C)c(C2CCCN2C(=O)c2cccn(CC(=O)N(C)C)c2=O)c1. The molecule has 1 unspecified atom stereocenters. The predicted octanol–water partition coefficient (Wildman–Crippen LogP) is 2.53. The number of nitrogens with zero attached hydrogens (tertiary/aromatic N) is 3. The zero-order chi connectivity index (χ0) is 20.4. The van der Waals surface area contributed by atoms with Crippen molar-refractivity contribution >= 4 is 11.8 Å². The topological polar surface area (TPSA) is 62.6 Å². The Bertz CT molecular complexity index is 962. The summed E-state index contributed by atoms with van der Waals surface area (Å²) in [5.74, 6) is -0.457. The van der Waals surface area contributed by atoms with E-state index in [-0.39, 0.29) is 30.0 Å².